The minimum atomic E-state index is -0.373. The number of aromatic nitrogens is 3. The minimum absolute atomic E-state index is 0.0272. The van der Waals surface area contributed by atoms with Gasteiger partial charge in [-0.05, 0) is 47.2 Å². The predicted molar refractivity (Wildman–Crippen MR) is 139 cm³/mol. The standard InChI is InChI=1S/C29H30N4O3/c34-28(33-27-17-10-9-16-26(27)31-32-33)18-4-2-1-3-11-19-30-29(35)36-20-25-23-14-7-5-12-21(23)22-13-6-8-15-24(22)25/h5-10,12-17,25H,1-4,11,18-20H2,(H,30,35). The van der Waals surface area contributed by atoms with Crippen LogP contribution in [0.3, 0.4) is 0 Å². The van der Waals surface area contributed by atoms with Crippen LogP contribution in [0, 0.1) is 0 Å². The number of rotatable bonds is 10. The van der Waals surface area contributed by atoms with Gasteiger partial charge in [-0.1, -0.05) is 85.1 Å². The molecule has 0 saturated heterocycles. The summed E-state index contributed by atoms with van der Waals surface area (Å²) in [4.78, 5) is 24.7. The van der Waals surface area contributed by atoms with E-state index in [4.69, 9.17) is 4.74 Å². The molecule has 0 spiro atoms. The molecule has 7 nitrogen and oxygen atoms in total. The fraction of sp³-hybridized carbons (Fsp3) is 0.310. The molecule has 1 heterocycles. The van der Waals surface area contributed by atoms with Crippen LogP contribution in [0.1, 0.15) is 60.4 Å². The van der Waals surface area contributed by atoms with Crippen molar-refractivity contribution in [2.24, 2.45) is 0 Å². The van der Waals surface area contributed by atoms with Gasteiger partial charge in [-0.25, -0.2) is 4.79 Å². The highest BCUT2D eigenvalue weighted by Crippen LogP contribution is 2.44. The first-order valence-corrected chi connectivity index (χ1v) is 12.6. The van der Waals surface area contributed by atoms with Gasteiger partial charge in [0.25, 0.3) is 0 Å². The molecule has 0 atom stereocenters. The quantitative estimate of drug-likeness (QED) is 0.282. The number of benzene rings is 3. The van der Waals surface area contributed by atoms with Crippen molar-refractivity contribution in [3.05, 3.63) is 83.9 Å². The van der Waals surface area contributed by atoms with E-state index in [9.17, 15) is 9.59 Å². The van der Waals surface area contributed by atoms with E-state index in [2.05, 4.69) is 39.9 Å². The fourth-order valence-electron chi connectivity index (χ4n) is 4.93. The van der Waals surface area contributed by atoms with E-state index in [1.807, 2.05) is 48.5 Å². The van der Waals surface area contributed by atoms with E-state index < -0.39 is 0 Å². The molecule has 1 aliphatic carbocycles. The maximum Gasteiger partial charge on any atom is 0.407 e. The Balaban J connectivity index is 0.967. The molecular weight excluding hydrogens is 452 g/mol. The third-order valence-electron chi connectivity index (χ3n) is 6.77. The van der Waals surface area contributed by atoms with Crippen molar-refractivity contribution in [3.8, 4) is 11.1 Å². The lowest BCUT2D eigenvalue weighted by Crippen LogP contribution is -2.27. The van der Waals surface area contributed by atoms with Crippen LogP contribution in [0.5, 0.6) is 0 Å². The Bertz CT molecular complexity index is 1320. The number of hydrogen-bond donors (Lipinski definition) is 1. The molecular formula is C29H30N4O3. The zero-order valence-electron chi connectivity index (χ0n) is 20.2. The molecule has 0 fully saturated rings. The minimum Gasteiger partial charge on any atom is -0.449 e. The lowest BCUT2D eigenvalue weighted by Gasteiger charge is -2.14. The SMILES string of the molecule is O=C(NCCCCCCCC(=O)n1nnc2ccccc21)OCC1c2ccccc2-c2ccccc21. The highest BCUT2D eigenvalue weighted by Gasteiger charge is 2.28. The molecule has 3 aromatic carbocycles. The summed E-state index contributed by atoms with van der Waals surface area (Å²) in [5.41, 5.74) is 6.34. The summed E-state index contributed by atoms with van der Waals surface area (Å²) in [7, 11) is 0. The van der Waals surface area contributed by atoms with Gasteiger partial charge in [0.1, 0.15) is 12.1 Å². The van der Waals surface area contributed by atoms with Gasteiger partial charge in [0.15, 0.2) is 0 Å². The number of para-hydroxylation sites is 1. The van der Waals surface area contributed by atoms with Crippen LogP contribution in [0.2, 0.25) is 0 Å². The zero-order valence-corrected chi connectivity index (χ0v) is 20.2. The van der Waals surface area contributed by atoms with E-state index in [-0.39, 0.29) is 17.9 Å². The van der Waals surface area contributed by atoms with Crippen molar-refractivity contribution in [1.29, 1.82) is 0 Å². The number of carbonyl (C=O) groups excluding carboxylic acids is 2. The van der Waals surface area contributed by atoms with E-state index >= 15 is 0 Å². The number of ether oxygens (including phenoxy) is 1. The molecule has 0 unspecified atom stereocenters. The molecule has 36 heavy (non-hydrogen) atoms. The second-order valence-corrected chi connectivity index (χ2v) is 9.15. The third kappa shape index (κ3) is 5.15. The molecule has 0 bridgehead atoms. The zero-order chi connectivity index (χ0) is 24.7. The number of unbranched alkanes of at least 4 members (excludes halogenated alkanes) is 4. The number of nitrogens with one attached hydrogen (secondary N) is 1. The number of fused-ring (bicyclic) bond motifs is 4. The van der Waals surface area contributed by atoms with Gasteiger partial charge in [0.2, 0.25) is 5.91 Å². The Hall–Kier alpha value is -4.00. The van der Waals surface area contributed by atoms with E-state index in [0.29, 0.717) is 19.6 Å². The molecule has 4 aromatic rings. The highest BCUT2D eigenvalue weighted by atomic mass is 16.5. The first-order valence-electron chi connectivity index (χ1n) is 12.6. The van der Waals surface area contributed by atoms with Crippen molar-refractivity contribution in [2.75, 3.05) is 13.2 Å². The molecule has 0 saturated carbocycles. The van der Waals surface area contributed by atoms with Crippen molar-refractivity contribution in [3.63, 3.8) is 0 Å². The molecule has 0 radical (unpaired) electrons. The molecule has 1 amide bonds. The van der Waals surface area contributed by atoms with Gasteiger partial charge < -0.3 is 10.1 Å². The molecule has 1 N–H and O–H groups in total. The highest BCUT2D eigenvalue weighted by molar-refractivity contribution is 5.88. The summed E-state index contributed by atoms with van der Waals surface area (Å²) in [6.45, 7) is 0.912. The first-order chi connectivity index (χ1) is 17.7. The number of nitrogens with zero attached hydrogens (tertiary/aromatic N) is 3. The van der Waals surface area contributed by atoms with Crippen molar-refractivity contribution in [2.45, 2.75) is 44.4 Å². The van der Waals surface area contributed by atoms with Crippen LogP contribution in [0.15, 0.2) is 72.8 Å². The Morgan fingerprint density at radius 2 is 1.44 bits per heavy atom. The van der Waals surface area contributed by atoms with Crippen LogP contribution in [-0.4, -0.2) is 40.1 Å². The number of carbonyl (C=O) groups is 2. The van der Waals surface area contributed by atoms with Gasteiger partial charge in [-0.3, -0.25) is 4.79 Å². The Morgan fingerprint density at radius 1 is 0.806 bits per heavy atom. The maximum absolute atomic E-state index is 12.4. The van der Waals surface area contributed by atoms with Crippen LogP contribution in [0.25, 0.3) is 22.2 Å². The first kappa shape index (κ1) is 23.7. The van der Waals surface area contributed by atoms with E-state index in [1.165, 1.54) is 26.9 Å². The van der Waals surface area contributed by atoms with E-state index in [1.54, 1.807) is 0 Å². The Morgan fingerprint density at radius 3 is 2.22 bits per heavy atom. The van der Waals surface area contributed by atoms with Gasteiger partial charge in [0, 0.05) is 18.9 Å². The average molecular weight is 483 g/mol. The lowest BCUT2D eigenvalue weighted by molar-refractivity contribution is 0.0886. The summed E-state index contributed by atoms with van der Waals surface area (Å²) in [5, 5.41) is 10.9. The Labute approximate surface area is 210 Å². The van der Waals surface area contributed by atoms with Gasteiger partial charge in [-0.2, -0.15) is 4.68 Å². The molecule has 7 heteroatoms. The van der Waals surface area contributed by atoms with E-state index in [0.717, 1.165) is 43.1 Å². The summed E-state index contributed by atoms with van der Waals surface area (Å²) in [6.07, 6.45) is 4.73. The van der Waals surface area contributed by atoms with Gasteiger partial charge in [-0.15, -0.1) is 5.10 Å². The van der Waals surface area contributed by atoms with Gasteiger partial charge in [0.05, 0.1) is 5.52 Å². The largest absolute Gasteiger partial charge is 0.449 e. The smallest absolute Gasteiger partial charge is 0.407 e. The third-order valence-corrected chi connectivity index (χ3v) is 6.77. The predicted octanol–water partition coefficient (Wildman–Crippen LogP) is 5.95. The molecule has 0 aliphatic heterocycles. The summed E-state index contributed by atoms with van der Waals surface area (Å²) in [6, 6.07) is 24.1. The maximum atomic E-state index is 12.4. The summed E-state index contributed by atoms with van der Waals surface area (Å²) < 4.78 is 6.97. The lowest BCUT2D eigenvalue weighted by atomic mass is 9.98. The normalized spacial score (nSPS) is 12.3. The fourth-order valence-corrected chi connectivity index (χ4v) is 4.93. The van der Waals surface area contributed by atoms with Gasteiger partial charge >= 0.3 is 6.09 Å². The van der Waals surface area contributed by atoms with Crippen molar-refractivity contribution < 1.29 is 14.3 Å². The van der Waals surface area contributed by atoms with Crippen molar-refractivity contribution in [1.82, 2.24) is 20.3 Å². The molecule has 1 aliphatic rings. The molecule has 5 rings (SSSR count). The topological polar surface area (TPSA) is 86.1 Å². The van der Waals surface area contributed by atoms with Crippen LogP contribution >= 0.6 is 0 Å². The summed E-state index contributed by atoms with van der Waals surface area (Å²) >= 11 is 0. The molecule has 1 aromatic heterocycles. The summed E-state index contributed by atoms with van der Waals surface area (Å²) in [5.74, 6) is 0.0435. The second-order valence-electron chi connectivity index (χ2n) is 9.15. The second kappa shape index (κ2) is 11.2. The number of amides is 1. The monoisotopic (exact) mass is 482 g/mol. The van der Waals surface area contributed by atoms with Crippen LogP contribution < -0.4 is 5.32 Å². The number of alkyl carbamates (subject to hydrolysis) is 1. The average Bonchev–Trinajstić information content (AvgIpc) is 3.48. The van der Waals surface area contributed by atoms with Crippen molar-refractivity contribution >= 4 is 23.0 Å². The number of hydrogen-bond acceptors (Lipinski definition) is 5. The molecule has 184 valence electrons. The Kier molecular flexibility index (Phi) is 7.36. The van der Waals surface area contributed by atoms with Crippen LogP contribution in [0.4, 0.5) is 4.79 Å². The van der Waals surface area contributed by atoms with Crippen LogP contribution in [-0.2, 0) is 4.74 Å².